The first-order valence-electron chi connectivity index (χ1n) is 2.63. The second-order valence-corrected chi connectivity index (χ2v) is 3.79. The average molecular weight is 205 g/mol. The molecule has 0 spiro atoms. The fourth-order valence-electron chi connectivity index (χ4n) is 0.357. The zero-order chi connectivity index (χ0) is 8.20. The Kier molecular flexibility index (Phi) is 4.41. The fraction of sp³-hybridized carbons (Fsp3) is 0.800. The highest BCUT2D eigenvalue weighted by Crippen LogP contribution is 2.27. The van der Waals surface area contributed by atoms with E-state index in [4.69, 9.17) is 39.9 Å². The van der Waals surface area contributed by atoms with E-state index in [0.29, 0.717) is 0 Å². The molecule has 0 bridgehead atoms. The monoisotopic (exact) mass is 204 g/mol. The molecule has 0 aromatic carbocycles. The summed E-state index contributed by atoms with van der Waals surface area (Å²) in [5, 5.41) is 8.21. The first kappa shape index (κ1) is 10.3. The Hall–Kier alpha value is 0.340. The highest BCUT2D eigenvalue weighted by atomic mass is 35.5. The predicted molar refractivity (Wildman–Crippen MR) is 42.0 cm³/mol. The Bertz CT molecular complexity index is 124. The molecule has 0 aromatic heterocycles. The van der Waals surface area contributed by atoms with Crippen LogP contribution in [-0.4, -0.2) is 21.3 Å². The van der Waals surface area contributed by atoms with Crippen LogP contribution in [0, 0.1) is 0 Å². The number of carbonyl (C=O) groups is 1. The summed E-state index contributed by atoms with van der Waals surface area (Å²) in [5.41, 5.74) is 0. The molecule has 0 amide bonds. The van der Waals surface area contributed by atoms with Crippen LogP contribution in [0.15, 0.2) is 0 Å². The zero-order valence-corrected chi connectivity index (χ0v) is 7.38. The fourth-order valence-corrected chi connectivity index (χ4v) is 0.679. The predicted octanol–water partition coefficient (Wildman–Crippen LogP) is 2.26. The lowest BCUT2D eigenvalue weighted by Crippen LogP contribution is -2.16. The smallest absolute Gasteiger partial charge is 0.303 e. The van der Waals surface area contributed by atoms with E-state index < -0.39 is 10.3 Å². The second-order valence-electron chi connectivity index (χ2n) is 1.88. The number of hydrogen-bond donors (Lipinski definition) is 1. The van der Waals surface area contributed by atoms with Crippen molar-refractivity contribution in [3.05, 3.63) is 0 Å². The third-order valence-corrected chi connectivity index (χ3v) is 2.28. The van der Waals surface area contributed by atoms with Gasteiger partial charge in [0.05, 0.1) is 5.88 Å². The van der Waals surface area contributed by atoms with Gasteiger partial charge in [0.15, 0.2) is 0 Å². The molecule has 0 aliphatic heterocycles. The van der Waals surface area contributed by atoms with Gasteiger partial charge in [-0.1, -0.05) is 0 Å². The van der Waals surface area contributed by atoms with Gasteiger partial charge in [-0.15, -0.1) is 34.8 Å². The molecule has 0 saturated carbocycles. The van der Waals surface area contributed by atoms with Gasteiger partial charge in [-0.05, 0) is 6.42 Å². The molecule has 0 aromatic rings. The summed E-state index contributed by atoms with van der Waals surface area (Å²) in [5.74, 6) is -0.876. The van der Waals surface area contributed by atoms with Gasteiger partial charge in [-0.3, -0.25) is 4.79 Å². The van der Waals surface area contributed by atoms with Crippen molar-refractivity contribution in [3.63, 3.8) is 0 Å². The summed E-state index contributed by atoms with van der Waals surface area (Å²) < 4.78 is -1.10. The molecule has 0 unspecified atom stereocenters. The molecule has 0 aliphatic carbocycles. The second kappa shape index (κ2) is 4.27. The van der Waals surface area contributed by atoms with Gasteiger partial charge in [-0.2, -0.15) is 0 Å². The van der Waals surface area contributed by atoms with Crippen LogP contribution in [0.25, 0.3) is 0 Å². The molecular formula is C5H7Cl3O2. The van der Waals surface area contributed by atoms with Gasteiger partial charge in [0.2, 0.25) is 0 Å². The number of halogens is 3. The molecule has 0 radical (unpaired) electrons. The Labute approximate surface area is 74.1 Å². The number of carboxylic acid groups (broad SMARTS) is 1. The van der Waals surface area contributed by atoms with Crippen LogP contribution in [0.4, 0.5) is 0 Å². The van der Waals surface area contributed by atoms with Crippen LogP contribution in [0.2, 0.25) is 0 Å². The minimum absolute atomic E-state index is 0.0450. The lowest BCUT2D eigenvalue weighted by atomic mass is 10.2. The molecule has 60 valence electrons. The Morgan fingerprint density at radius 1 is 1.50 bits per heavy atom. The first-order chi connectivity index (χ1) is 4.48. The van der Waals surface area contributed by atoms with E-state index in [2.05, 4.69) is 0 Å². The summed E-state index contributed by atoms with van der Waals surface area (Å²) in [6.07, 6.45) is 0.120. The SMILES string of the molecule is O=C(O)CCC(Cl)(Cl)CCl. The summed E-state index contributed by atoms with van der Waals surface area (Å²) in [6, 6.07) is 0. The van der Waals surface area contributed by atoms with Crippen LogP contribution < -0.4 is 0 Å². The lowest BCUT2D eigenvalue weighted by molar-refractivity contribution is -0.137. The lowest BCUT2D eigenvalue weighted by Gasteiger charge is -2.13. The van der Waals surface area contributed by atoms with Crippen molar-refractivity contribution in [2.24, 2.45) is 0 Å². The quantitative estimate of drug-likeness (QED) is 0.715. The van der Waals surface area contributed by atoms with E-state index in [1.54, 1.807) is 0 Å². The molecule has 0 rings (SSSR count). The summed E-state index contributed by atoms with van der Waals surface area (Å²) in [7, 11) is 0. The minimum atomic E-state index is -1.10. The van der Waals surface area contributed by atoms with Gasteiger partial charge >= 0.3 is 5.97 Å². The van der Waals surface area contributed by atoms with Crippen LogP contribution in [-0.2, 0) is 4.79 Å². The van der Waals surface area contributed by atoms with Crippen LogP contribution >= 0.6 is 34.8 Å². The van der Waals surface area contributed by atoms with E-state index >= 15 is 0 Å². The Morgan fingerprint density at radius 3 is 2.30 bits per heavy atom. The summed E-state index contributed by atoms with van der Waals surface area (Å²) in [6.45, 7) is 0. The zero-order valence-electron chi connectivity index (χ0n) is 5.11. The number of rotatable bonds is 4. The molecule has 0 heterocycles. The molecule has 10 heavy (non-hydrogen) atoms. The number of alkyl halides is 3. The largest absolute Gasteiger partial charge is 0.481 e. The standard InChI is InChI=1S/C5H7Cl3O2/c6-3-5(7,8)2-1-4(9)10/h1-3H2,(H,9,10). The number of hydrogen-bond acceptors (Lipinski definition) is 1. The van der Waals surface area contributed by atoms with Crippen LogP contribution in [0.5, 0.6) is 0 Å². The number of carboxylic acids is 1. The maximum absolute atomic E-state index is 10.0. The molecule has 0 saturated heterocycles. The van der Waals surface area contributed by atoms with Crippen molar-refractivity contribution in [1.29, 1.82) is 0 Å². The van der Waals surface area contributed by atoms with Gasteiger partial charge < -0.3 is 5.11 Å². The van der Waals surface area contributed by atoms with Crippen molar-refractivity contribution in [1.82, 2.24) is 0 Å². The maximum atomic E-state index is 10.0. The minimum Gasteiger partial charge on any atom is -0.481 e. The van der Waals surface area contributed by atoms with E-state index in [9.17, 15) is 4.79 Å². The number of aliphatic carboxylic acids is 1. The van der Waals surface area contributed by atoms with E-state index in [1.807, 2.05) is 0 Å². The molecule has 0 fully saturated rings. The summed E-state index contributed by atoms with van der Waals surface area (Å²) >= 11 is 16.4. The third kappa shape index (κ3) is 5.15. The average Bonchev–Trinajstić information content (AvgIpc) is 1.85. The van der Waals surface area contributed by atoms with Crippen LogP contribution in [0.1, 0.15) is 12.8 Å². The molecule has 1 N–H and O–H groups in total. The van der Waals surface area contributed by atoms with Gasteiger partial charge in [0.1, 0.15) is 4.33 Å². The van der Waals surface area contributed by atoms with E-state index in [-0.39, 0.29) is 18.7 Å². The third-order valence-electron chi connectivity index (χ3n) is 0.900. The van der Waals surface area contributed by atoms with Crippen molar-refractivity contribution >= 4 is 40.8 Å². The van der Waals surface area contributed by atoms with Crippen LogP contribution in [0.3, 0.4) is 0 Å². The van der Waals surface area contributed by atoms with Crippen molar-refractivity contribution in [2.45, 2.75) is 17.2 Å². The van der Waals surface area contributed by atoms with E-state index in [0.717, 1.165) is 0 Å². The van der Waals surface area contributed by atoms with E-state index in [1.165, 1.54) is 0 Å². The highest BCUT2D eigenvalue weighted by molar-refractivity contribution is 6.51. The molecule has 0 aliphatic rings. The van der Waals surface area contributed by atoms with Gasteiger partial charge in [0, 0.05) is 6.42 Å². The Morgan fingerprint density at radius 2 is 2.00 bits per heavy atom. The maximum Gasteiger partial charge on any atom is 0.303 e. The van der Waals surface area contributed by atoms with Gasteiger partial charge in [-0.25, -0.2) is 0 Å². The van der Waals surface area contributed by atoms with Crippen molar-refractivity contribution in [2.75, 3.05) is 5.88 Å². The molecule has 0 atom stereocenters. The Balaban J connectivity index is 3.56. The molecule has 5 heteroatoms. The molecular weight excluding hydrogens is 198 g/mol. The van der Waals surface area contributed by atoms with Crippen molar-refractivity contribution < 1.29 is 9.90 Å². The van der Waals surface area contributed by atoms with Crippen molar-refractivity contribution in [3.8, 4) is 0 Å². The first-order valence-corrected chi connectivity index (χ1v) is 3.92. The van der Waals surface area contributed by atoms with Gasteiger partial charge in [0.25, 0.3) is 0 Å². The normalized spacial score (nSPS) is 11.5. The summed E-state index contributed by atoms with van der Waals surface area (Å²) in [4.78, 5) is 10.0. The highest BCUT2D eigenvalue weighted by Gasteiger charge is 2.23. The topological polar surface area (TPSA) is 37.3 Å². The molecule has 2 nitrogen and oxygen atoms in total.